The van der Waals surface area contributed by atoms with E-state index in [1.165, 1.54) is 0 Å². The highest BCUT2D eigenvalue weighted by Crippen LogP contribution is 2.21. The summed E-state index contributed by atoms with van der Waals surface area (Å²) in [5, 5.41) is 10.9. The molecule has 2 amide bonds. The monoisotopic (exact) mass is 369 g/mol. The lowest BCUT2D eigenvalue weighted by Gasteiger charge is -2.35. The zero-order valence-corrected chi connectivity index (χ0v) is 15.3. The van der Waals surface area contributed by atoms with Crippen molar-refractivity contribution in [3.8, 4) is 6.07 Å². The Bertz CT molecular complexity index is 1070. The number of rotatable bonds is 2. The normalized spacial score (nSPS) is 14.0. The zero-order valence-electron chi connectivity index (χ0n) is 15.3. The summed E-state index contributed by atoms with van der Waals surface area (Å²) >= 11 is 0. The van der Waals surface area contributed by atoms with Gasteiger partial charge in [-0.2, -0.15) is 5.26 Å². The van der Waals surface area contributed by atoms with E-state index >= 15 is 0 Å². The van der Waals surface area contributed by atoms with E-state index in [0.29, 0.717) is 42.9 Å². The van der Waals surface area contributed by atoms with E-state index < -0.39 is 0 Å². The van der Waals surface area contributed by atoms with Gasteiger partial charge < -0.3 is 9.80 Å². The van der Waals surface area contributed by atoms with Crippen LogP contribution in [-0.4, -0.2) is 47.8 Å². The minimum absolute atomic E-state index is 0.00210. The van der Waals surface area contributed by atoms with E-state index in [2.05, 4.69) is 6.07 Å². The van der Waals surface area contributed by atoms with E-state index in [1.54, 1.807) is 29.2 Å². The first-order valence-electron chi connectivity index (χ1n) is 9.24. The lowest BCUT2D eigenvalue weighted by molar-refractivity contribution is 0.0536. The molecule has 3 aromatic carbocycles. The largest absolute Gasteiger partial charge is 0.335 e. The number of amides is 2. The van der Waals surface area contributed by atoms with Crippen molar-refractivity contribution < 1.29 is 9.59 Å². The summed E-state index contributed by atoms with van der Waals surface area (Å²) in [5.74, 6) is -0.0657. The molecule has 0 N–H and O–H groups in total. The molecule has 0 saturated carbocycles. The van der Waals surface area contributed by atoms with E-state index in [9.17, 15) is 9.59 Å². The summed E-state index contributed by atoms with van der Waals surface area (Å²) in [4.78, 5) is 29.3. The van der Waals surface area contributed by atoms with Gasteiger partial charge in [-0.25, -0.2) is 0 Å². The van der Waals surface area contributed by atoms with Crippen molar-refractivity contribution in [2.75, 3.05) is 26.2 Å². The molecule has 0 radical (unpaired) electrons. The van der Waals surface area contributed by atoms with Gasteiger partial charge in [0.05, 0.1) is 11.6 Å². The third kappa shape index (κ3) is 3.33. The van der Waals surface area contributed by atoms with Crippen molar-refractivity contribution in [2.24, 2.45) is 0 Å². The van der Waals surface area contributed by atoms with E-state index in [0.717, 1.165) is 10.8 Å². The smallest absolute Gasteiger partial charge is 0.254 e. The Labute approximate surface area is 163 Å². The molecule has 0 bridgehead atoms. The molecular weight excluding hydrogens is 350 g/mol. The highest BCUT2D eigenvalue weighted by molar-refractivity contribution is 6.07. The predicted molar refractivity (Wildman–Crippen MR) is 107 cm³/mol. The first-order valence-corrected chi connectivity index (χ1v) is 9.24. The SMILES string of the molecule is N#Cc1ccc(C(=O)N2CCN(C(=O)c3cccc4ccccc34)CC2)cc1. The number of carbonyl (C=O) groups excluding carboxylic acids is 2. The molecule has 4 rings (SSSR count). The third-order valence-corrected chi connectivity index (χ3v) is 5.14. The van der Waals surface area contributed by atoms with Crippen molar-refractivity contribution in [1.82, 2.24) is 9.80 Å². The minimum Gasteiger partial charge on any atom is -0.335 e. The molecule has 5 heteroatoms. The van der Waals surface area contributed by atoms with E-state index in [-0.39, 0.29) is 11.8 Å². The molecule has 0 spiro atoms. The van der Waals surface area contributed by atoms with Gasteiger partial charge >= 0.3 is 0 Å². The summed E-state index contributed by atoms with van der Waals surface area (Å²) in [5.41, 5.74) is 1.79. The topological polar surface area (TPSA) is 64.4 Å². The van der Waals surface area contributed by atoms with Gasteiger partial charge in [0.2, 0.25) is 0 Å². The lowest BCUT2D eigenvalue weighted by atomic mass is 10.0. The van der Waals surface area contributed by atoms with Gasteiger partial charge in [0.25, 0.3) is 11.8 Å². The van der Waals surface area contributed by atoms with Crippen LogP contribution >= 0.6 is 0 Å². The van der Waals surface area contributed by atoms with Crippen LogP contribution in [0.5, 0.6) is 0 Å². The molecule has 0 aliphatic carbocycles. The fraction of sp³-hybridized carbons (Fsp3) is 0.174. The maximum atomic E-state index is 13.0. The van der Waals surface area contributed by atoms with Crippen molar-refractivity contribution in [3.63, 3.8) is 0 Å². The van der Waals surface area contributed by atoms with Gasteiger partial charge in [0.15, 0.2) is 0 Å². The highest BCUT2D eigenvalue weighted by Gasteiger charge is 2.26. The van der Waals surface area contributed by atoms with Crippen LogP contribution in [0.15, 0.2) is 66.7 Å². The van der Waals surface area contributed by atoms with E-state index in [1.807, 2.05) is 47.4 Å². The Kier molecular flexibility index (Phi) is 4.77. The first-order chi connectivity index (χ1) is 13.7. The molecule has 0 unspecified atom stereocenters. The van der Waals surface area contributed by atoms with Crippen LogP contribution in [0.1, 0.15) is 26.3 Å². The number of nitrogens with zero attached hydrogens (tertiary/aromatic N) is 3. The van der Waals surface area contributed by atoms with Crippen LogP contribution in [0.3, 0.4) is 0 Å². The Balaban J connectivity index is 1.45. The number of piperazine rings is 1. The Hall–Kier alpha value is -3.65. The molecule has 138 valence electrons. The van der Waals surface area contributed by atoms with Crippen LogP contribution in [0.2, 0.25) is 0 Å². The summed E-state index contributed by atoms with van der Waals surface area (Å²) in [7, 11) is 0. The fourth-order valence-corrected chi connectivity index (χ4v) is 3.56. The maximum absolute atomic E-state index is 13.0. The molecule has 1 aliphatic heterocycles. The number of nitriles is 1. The highest BCUT2D eigenvalue weighted by atomic mass is 16.2. The Morgan fingerprint density at radius 1 is 0.750 bits per heavy atom. The third-order valence-electron chi connectivity index (χ3n) is 5.14. The van der Waals surface area contributed by atoms with Gasteiger partial charge in [0.1, 0.15) is 0 Å². The molecule has 3 aromatic rings. The minimum atomic E-state index is -0.0678. The molecule has 0 atom stereocenters. The number of hydrogen-bond donors (Lipinski definition) is 0. The molecule has 0 aromatic heterocycles. The van der Waals surface area contributed by atoms with Crippen molar-refractivity contribution in [1.29, 1.82) is 5.26 Å². The summed E-state index contributed by atoms with van der Waals surface area (Å²) < 4.78 is 0. The van der Waals surface area contributed by atoms with Crippen LogP contribution < -0.4 is 0 Å². The van der Waals surface area contributed by atoms with Crippen LogP contribution in [0, 0.1) is 11.3 Å². The number of fused-ring (bicyclic) bond motifs is 1. The molecule has 1 aliphatic rings. The second kappa shape index (κ2) is 7.53. The Morgan fingerprint density at radius 3 is 2.04 bits per heavy atom. The van der Waals surface area contributed by atoms with Crippen molar-refractivity contribution >= 4 is 22.6 Å². The standard InChI is InChI=1S/C23H19N3O2/c24-16-17-8-10-19(11-9-17)22(27)25-12-14-26(15-13-25)23(28)21-7-3-5-18-4-1-2-6-20(18)21/h1-11H,12-15H2. The van der Waals surface area contributed by atoms with E-state index in [4.69, 9.17) is 5.26 Å². The molecular formula is C23H19N3O2. The Morgan fingerprint density at radius 2 is 1.36 bits per heavy atom. The molecule has 1 saturated heterocycles. The molecule has 1 fully saturated rings. The van der Waals surface area contributed by atoms with Gasteiger partial charge in [-0.05, 0) is 41.1 Å². The number of carbonyl (C=O) groups is 2. The first kappa shape index (κ1) is 17.7. The molecule has 28 heavy (non-hydrogen) atoms. The number of hydrogen-bond acceptors (Lipinski definition) is 3. The molecule has 1 heterocycles. The van der Waals surface area contributed by atoms with Crippen molar-refractivity contribution in [2.45, 2.75) is 0 Å². The fourth-order valence-electron chi connectivity index (χ4n) is 3.56. The average Bonchev–Trinajstić information content (AvgIpc) is 2.78. The van der Waals surface area contributed by atoms with Crippen molar-refractivity contribution in [3.05, 3.63) is 83.4 Å². The quantitative estimate of drug-likeness (QED) is 0.696. The zero-order chi connectivity index (χ0) is 19.5. The van der Waals surface area contributed by atoms with Gasteiger partial charge in [-0.1, -0.05) is 36.4 Å². The second-order valence-electron chi connectivity index (χ2n) is 6.80. The molecule has 5 nitrogen and oxygen atoms in total. The average molecular weight is 369 g/mol. The number of benzene rings is 3. The summed E-state index contributed by atoms with van der Waals surface area (Å²) in [6.07, 6.45) is 0. The lowest BCUT2D eigenvalue weighted by Crippen LogP contribution is -2.50. The van der Waals surface area contributed by atoms with Gasteiger partial charge in [-0.3, -0.25) is 9.59 Å². The van der Waals surface area contributed by atoms with Crippen LogP contribution in [0.4, 0.5) is 0 Å². The van der Waals surface area contributed by atoms with Crippen LogP contribution in [-0.2, 0) is 0 Å². The summed E-state index contributed by atoms with van der Waals surface area (Å²) in [6, 6.07) is 22.3. The second-order valence-corrected chi connectivity index (χ2v) is 6.80. The van der Waals surface area contributed by atoms with Gasteiger partial charge in [-0.15, -0.1) is 0 Å². The maximum Gasteiger partial charge on any atom is 0.254 e. The summed E-state index contributed by atoms with van der Waals surface area (Å²) in [6.45, 7) is 2.00. The van der Waals surface area contributed by atoms with Crippen LogP contribution in [0.25, 0.3) is 10.8 Å². The predicted octanol–water partition coefficient (Wildman–Crippen LogP) is 3.31. The van der Waals surface area contributed by atoms with Gasteiger partial charge in [0, 0.05) is 37.3 Å².